The Hall–Kier alpha value is -3.28. The molecule has 2 amide bonds. The largest absolute Gasteiger partial charge is 0.489 e. The lowest BCUT2D eigenvalue weighted by atomic mass is 9.91. The second-order valence-electron chi connectivity index (χ2n) is 8.06. The van der Waals surface area contributed by atoms with Crippen LogP contribution in [0.2, 0.25) is 10.0 Å². The number of piperazine rings is 1. The first kappa shape index (κ1) is 21.6. The number of nitrogens with one attached hydrogen (secondary N) is 1. The van der Waals surface area contributed by atoms with Crippen molar-refractivity contribution in [2.75, 3.05) is 0 Å². The van der Waals surface area contributed by atoms with E-state index in [0.717, 1.165) is 22.3 Å². The van der Waals surface area contributed by atoms with Gasteiger partial charge in [-0.25, -0.2) is 0 Å². The Morgan fingerprint density at radius 1 is 1.00 bits per heavy atom. The lowest BCUT2D eigenvalue weighted by molar-refractivity contribution is -0.143. The molecule has 1 saturated heterocycles. The van der Waals surface area contributed by atoms with Crippen LogP contribution in [0.3, 0.4) is 0 Å². The number of benzene rings is 3. The second-order valence-corrected chi connectivity index (χ2v) is 8.91. The maximum absolute atomic E-state index is 13.1. The van der Waals surface area contributed by atoms with Gasteiger partial charge in [0.1, 0.15) is 24.1 Å². The summed E-state index contributed by atoms with van der Waals surface area (Å²) in [6.45, 7) is 0.743. The first-order valence-electron chi connectivity index (χ1n) is 10.5. The monoisotopic (exact) mass is 478 g/mol. The molecule has 2 aliphatic heterocycles. The highest BCUT2D eigenvalue weighted by atomic mass is 35.5. The summed E-state index contributed by atoms with van der Waals surface area (Å²) in [7, 11) is 0. The molecule has 5 nitrogen and oxygen atoms in total. The van der Waals surface area contributed by atoms with Crippen LogP contribution in [0.1, 0.15) is 22.3 Å². The highest BCUT2D eigenvalue weighted by molar-refractivity contribution is 6.35. The van der Waals surface area contributed by atoms with Gasteiger partial charge in [0.2, 0.25) is 5.91 Å². The Morgan fingerprint density at radius 2 is 1.76 bits per heavy atom. The highest BCUT2D eigenvalue weighted by Crippen LogP contribution is 2.28. The van der Waals surface area contributed by atoms with Gasteiger partial charge in [-0.15, -0.1) is 0 Å². The van der Waals surface area contributed by atoms with Crippen LogP contribution >= 0.6 is 23.2 Å². The molecule has 0 saturated carbocycles. The number of halogens is 2. The molecule has 1 unspecified atom stereocenters. The van der Waals surface area contributed by atoms with Crippen LogP contribution in [0.25, 0.3) is 6.08 Å². The lowest BCUT2D eigenvalue weighted by Gasteiger charge is -2.39. The van der Waals surface area contributed by atoms with E-state index >= 15 is 0 Å². The van der Waals surface area contributed by atoms with Gasteiger partial charge in [0.25, 0.3) is 5.91 Å². The van der Waals surface area contributed by atoms with Gasteiger partial charge in [-0.1, -0.05) is 65.7 Å². The summed E-state index contributed by atoms with van der Waals surface area (Å²) in [4.78, 5) is 27.5. The number of carbonyl (C=O) groups excluding carboxylic acids is 2. The third kappa shape index (κ3) is 4.47. The number of nitrogens with zero attached hydrogens (tertiary/aromatic N) is 1. The molecule has 33 heavy (non-hydrogen) atoms. The maximum Gasteiger partial charge on any atom is 0.271 e. The van der Waals surface area contributed by atoms with Crippen LogP contribution in [-0.4, -0.2) is 22.8 Å². The number of hydrogen-bond donors (Lipinski definition) is 1. The Morgan fingerprint density at radius 3 is 2.52 bits per heavy atom. The normalized spacial score (nSPS) is 18.5. The summed E-state index contributed by atoms with van der Waals surface area (Å²) in [6.07, 6.45) is 2.22. The first-order valence-corrected chi connectivity index (χ1v) is 11.3. The molecular weight excluding hydrogens is 459 g/mol. The minimum absolute atomic E-state index is 0.157. The Labute approximate surface area is 201 Å². The molecule has 2 aliphatic rings. The summed E-state index contributed by atoms with van der Waals surface area (Å²) >= 11 is 12.1. The van der Waals surface area contributed by atoms with E-state index in [1.165, 1.54) is 0 Å². The van der Waals surface area contributed by atoms with Crippen LogP contribution in [0.15, 0.2) is 72.4 Å². The molecule has 3 aromatic rings. The highest BCUT2D eigenvalue weighted by Gasteiger charge is 2.40. The molecule has 2 heterocycles. The van der Waals surface area contributed by atoms with Crippen molar-refractivity contribution in [2.45, 2.75) is 25.6 Å². The quantitative estimate of drug-likeness (QED) is 0.536. The molecule has 0 radical (unpaired) electrons. The third-order valence-electron chi connectivity index (χ3n) is 5.90. The zero-order chi connectivity index (χ0) is 22.9. The Bertz CT molecular complexity index is 1270. The molecule has 7 heteroatoms. The van der Waals surface area contributed by atoms with Gasteiger partial charge in [0.05, 0.1) is 0 Å². The SMILES string of the molecule is O=C1N/C(=C/c2ccc(OCc3ccc(Cl)cc3Cl)cc2)C(=O)N2Cc3ccccc3CC12. The van der Waals surface area contributed by atoms with E-state index in [1.807, 2.05) is 54.6 Å². The van der Waals surface area contributed by atoms with Gasteiger partial charge in [-0.2, -0.15) is 0 Å². The number of fused-ring (bicyclic) bond motifs is 2. The summed E-state index contributed by atoms with van der Waals surface area (Å²) in [5, 5.41) is 3.92. The van der Waals surface area contributed by atoms with Crippen molar-refractivity contribution in [3.63, 3.8) is 0 Å². The van der Waals surface area contributed by atoms with Crippen molar-refractivity contribution in [2.24, 2.45) is 0 Å². The van der Waals surface area contributed by atoms with Crippen molar-refractivity contribution in [1.82, 2.24) is 10.2 Å². The van der Waals surface area contributed by atoms with Crippen molar-refractivity contribution >= 4 is 41.1 Å². The lowest BCUT2D eigenvalue weighted by Crippen LogP contribution is -2.58. The first-order chi connectivity index (χ1) is 16.0. The van der Waals surface area contributed by atoms with E-state index in [1.54, 1.807) is 23.1 Å². The Balaban J connectivity index is 1.29. The van der Waals surface area contributed by atoms with Crippen molar-refractivity contribution < 1.29 is 14.3 Å². The van der Waals surface area contributed by atoms with E-state index in [4.69, 9.17) is 27.9 Å². The zero-order valence-electron chi connectivity index (χ0n) is 17.6. The van der Waals surface area contributed by atoms with Crippen LogP contribution in [0, 0.1) is 0 Å². The summed E-state index contributed by atoms with van der Waals surface area (Å²) in [5.41, 5.74) is 4.09. The molecule has 1 atom stereocenters. The summed E-state index contributed by atoms with van der Waals surface area (Å²) in [6, 6.07) is 20.0. The number of rotatable bonds is 4. The number of amides is 2. The van der Waals surface area contributed by atoms with E-state index in [-0.39, 0.29) is 17.5 Å². The fourth-order valence-electron chi connectivity index (χ4n) is 4.12. The zero-order valence-corrected chi connectivity index (χ0v) is 19.1. The van der Waals surface area contributed by atoms with Gasteiger partial charge in [0, 0.05) is 28.6 Å². The summed E-state index contributed by atoms with van der Waals surface area (Å²) in [5.74, 6) is 0.330. The third-order valence-corrected chi connectivity index (χ3v) is 6.49. The molecule has 5 rings (SSSR count). The number of carbonyl (C=O) groups is 2. The van der Waals surface area contributed by atoms with Gasteiger partial charge < -0.3 is 15.0 Å². The minimum Gasteiger partial charge on any atom is -0.489 e. The molecule has 0 aliphatic carbocycles. The molecule has 1 fully saturated rings. The van der Waals surface area contributed by atoms with E-state index < -0.39 is 6.04 Å². The summed E-state index contributed by atoms with van der Waals surface area (Å²) < 4.78 is 5.81. The van der Waals surface area contributed by atoms with Gasteiger partial charge in [-0.3, -0.25) is 9.59 Å². The molecule has 3 aromatic carbocycles. The topological polar surface area (TPSA) is 58.6 Å². The van der Waals surface area contributed by atoms with E-state index in [2.05, 4.69) is 5.32 Å². The van der Waals surface area contributed by atoms with Crippen molar-refractivity contribution in [1.29, 1.82) is 0 Å². The fraction of sp³-hybridized carbons (Fsp3) is 0.154. The van der Waals surface area contributed by atoms with Crippen LogP contribution in [-0.2, 0) is 29.2 Å². The minimum atomic E-state index is -0.472. The van der Waals surface area contributed by atoms with E-state index in [9.17, 15) is 9.59 Å². The van der Waals surface area contributed by atoms with Gasteiger partial charge in [-0.05, 0) is 47.0 Å². The van der Waals surface area contributed by atoms with Crippen LogP contribution in [0.4, 0.5) is 0 Å². The van der Waals surface area contributed by atoms with Crippen molar-refractivity contribution in [3.8, 4) is 5.75 Å². The molecule has 0 aromatic heterocycles. The van der Waals surface area contributed by atoms with Gasteiger partial charge >= 0.3 is 0 Å². The smallest absolute Gasteiger partial charge is 0.271 e. The average Bonchev–Trinajstić information content (AvgIpc) is 2.82. The van der Waals surface area contributed by atoms with Gasteiger partial charge in [0.15, 0.2) is 0 Å². The molecular formula is C26H20Cl2N2O3. The molecule has 1 N–H and O–H groups in total. The molecule has 0 bridgehead atoms. The molecule has 0 spiro atoms. The standard InChI is InChI=1S/C26H20Cl2N2O3/c27-20-8-7-19(22(28)13-20)15-33-21-9-5-16(6-10-21)11-23-26(32)30-14-18-4-2-1-3-17(18)12-24(30)25(31)29-23/h1-11,13,24H,12,14-15H2,(H,29,31)/b23-11+. The predicted octanol–water partition coefficient (Wildman–Crippen LogP) is 5.00. The van der Waals surface area contributed by atoms with Crippen LogP contribution < -0.4 is 10.1 Å². The maximum atomic E-state index is 13.1. The fourth-order valence-corrected chi connectivity index (χ4v) is 4.58. The molecule has 166 valence electrons. The number of ether oxygens (including phenoxy) is 1. The average molecular weight is 479 g/mol. The second kappa shape index (κ2) is 8.93. The Kier molecular flexibility index (Phi) is 5.83. The van der Waals surface area contributed by atoms with E-state index in [0.29, 0.717) is 35.4 Å². The predicted molar refractivity (Wildman–Crippen MR) is 128 cm³/mol. The van der Waals surface area contributed by atoms with Crippen LogP contribution in [0.5, 0.6) is 5.75 Å². The van der Waals surface area contributed by atoms with Crippen molar-refractivity contribution in [3.05, 3.63) is 105 Å². The number of hydrogen-bond acceptors (Lipinski definition) is 3.